The van der Waals surface area contributed by atoms with E-state index in [1.807, 2.05) is 12.1 Å². The minimum Gasteiger partial charge on any atom is -0.274 e. The number of fused-ring (bicyclic) bond motifs is 2. The van der Waals surface area contributed by atoms with E-state index in [4.69, 9.17) is 12.2 Å². The first-order chi connectivity index (χ1) is 25.2. The number of carbonyl (C=O) groups excluding carboxylic acids is 4. The molecule has 0 aliphatic carbocycles. The first-order valence-corrected chi connectivity index (χ1v) is 19.6. The molecule has 0 saturated heterocycles. The normalized spacial score (nSPS) is 15.3. The predicted octanol–water partition coefficient (Wildman–Crippen LogP) is 10.7. The van der Waals surface area contributed by atoms with Crippen LogP contribution in [0.15, 0.2) is 46.3 Å². The molecule has 5 aromatic carbocycles. The van der Waals surface area contributed by atoms with E-state index in [1.165, 1.54) is 9.80 Å². The highest BCUT2D eigenvalue weighted by atomic mass is 32.2. The summed E-state index contributed by atoms with van der Waals surface area (Å²) in [5.41, 5.74) is 2.01. The lowest BCUT2D eigenvalue weighted by Crippen LogP contribution is -2.43. The molecule has 0 radical (unpaired) electrons. The molecule has 10 heteroatoms. The van der Waals surface area contributed by atoms with Crippen molar-refractivity contribution in [2.24, 2.45) is 16.8 Å². The van der Waals surface area contributed by atoms with Crippen molar-refractivity contribution in [3.05, 3.63) is 58.7 Å². The van der Waals surface area contributed by atoms with Crippen molar-refractivity contribution in [1.82, 2.24) is 9.80 Å². The molecule has 0 aromatic heterocycles. The third kappa shape index (κ3) is 5.49. The number of unbranched alkanes of at least 4 members (excludes halogenated alkanes) is 2. The molecule has 2 aliphatic rings. The summed E-state index contributed by atoms with van der Waals surface area (Å²) in [7, 11) is 0. The van der Waals surface area contributed by atoms with Crippen molar-refractivity contribution in [3.8, 4) is 5.40 Å². The highest BCUT2D eigenvalue weighted by Gasteiger charge is 2.39. The van der Waals surface area contributed by atoms with E-state index in [1.54, 1.807) is 24.3 Å². The first-order valence-electron chi connectivity index (χ1n) is 18.4. The molecule has 0 bridgehead atoms. The minimum atomic E-state index is -0.375. The Morgan fingerprint density at radius 2 is 1.15 bits per heavy atom. The van der Waals surface area contributed by atoms with Gasteiger partial charge in [0, 0.05) is 67.0 Å². The van der Waals surface area contributed by atoms with Gasteiger partial charge >= 0.3 is 0 Å². The molecule has 5 aromatic rings. The van der Waals surface area contributed by atoms with Gasteiger partial charge in [-0.1, -0.05) is 78.4 Å². The number of thiocyanates is 1. The Morgan fingerprint density at radius 1 is 0.673 bits per heavy atom. The number of isothiocyanates is 1. The number of rotatable bonds is 14. The van der Waals surface area contributed by atoms with Crippen molar-refractivity contribution in [2.75, 3.05) is 13.1 Å². The lowest BCUT2D eigenvalue weighted by atomic mass is 9.81. The monoisotopic (exact) mass is 728 g/mol. The number of aliphatic imine (C=N–C) groups is 1. The zero-order valence-corrected chi connectivity index (χ0v) is 31.6. The molecule has 52 heavy (non-hydrogen) atoms. The molecule has 2 aliphatic heterocycles. The van der Waals surface area contributed by atoms with Crippen LogP contribution in [0.2, 0.25) is 0 Å². The average molecular weight is 729 g/mol. The fourth-order valence-electron chi connectivity index (χ4n) is 8.46. The van der Waals surface area contributed by atoms with E-state index in [2.05, 4.69) is 43.2 Å². The van der Waals surface area contributed by atoms with Crippen LogP contribution in [0.25, 0.3) is 43.1 Å². The number of hydrogen-bond donors (Lipinski definition) is 0. The lowest BCUT2D eigenvalue weighted by Gasteiger charge is -2.33. The number of benzene rings is 5. The van der Waals surface area contributed by atoms with Gasteiger partial charge in [-0.05, 0) is 83.7 Å². The maximum absolute atomic E-state index is 14.3. The van der Waals surface area contributed by atoms with Crippen LogP contribution in [0.3, 0.4) is 0 Å². The molecule has 0 spiro atoms. The number of nitriles is 1. The Kier molecular flexibility index (Phi) is 9.88. The third-order valence-corrected chi connectivity index (χ3v) is 12.0. The molecule has 0 saturated carbocycles. The summed E-state index contributed by atoms with van der Waals surface area (Å²) in [5.74, 6) is -1.05. The second kappa shape index (κ2) is 14.4. The number of imide groups is 2. The first kappa shape index (κ1) is 35.7. The van der Waals surface area contributed by atoms with Gasteiger partial charge in [-0.15, -0.1) is 0 Å². The van der Waals surface area contributed by atoms with Gasteiger partial charge in [-0.3, -0.25) is 29.0 Å². The lowest BCUT2D eigenvalue weighted by molar-refractivity contribution is 0.0565. The second-order valence-corrected chi connectivity index (χ2v) is 15.1. The van der Waals surface area contributed by atoms with Gasteiger partial charge in [0.25, 0.3) is 23.6 Å². The number of thiocarbonyl (C=S) groups is 1. The van der Waals surface area contributed by atoms with E-state index in [0.717, 1.165) is 63.1 Å². The molecule has 4 amide bonds. The van der Waals surface area contributed by atoms with Gasteiger partial charge in [-0.2, -0.15) is 10.3 Å². The van der Waals surface area contributed by atoms with Crippen molar-refractivity contribution in [3.63, 3.8) is 0 Å². The Balaban J connectivity index is 1.52. The fraction of sp³-hybridized carbons (Fsp3) is 0.381. The van der Waals surface area contributed by atoms with E-state index in [9.17, 15) is 24.4 Å². The van der Waals surface area contributed by atoms with Gasteiger partial charge in [0.2, 0.25) is 0 Å². The fourth-order valence-corrected chi connectivity index (χ4v) is 9.15. The van der Waals surface area contributed by atoms with Gasteiger partial charge < -0.3 is 0 Å². The third-order valence-electron chi connectivity index (χ3n) is 11.2. The number of carbonyl (C=O) groups is 4. The molecule has 2 atom stereocenters. The standard InChI is InChI=1S/C42H40N4O4S2/c1-5-9-11-23(7-3)19-45-39(47)27-16-14-26-36-32(52-21-43)18-30-34-28(40(48)46(42(30)50)20-24(8-4)12-10-6-2)15-13-25(38(34)36)35-31(44-22-51)17-29(41(45)49)33(27)37(26)35/h13-18,23-24H,5-12,19-20H2,1-4H3. The Hall–Kier alpha value is -4.68. The number of nitrogens with zero attached hydrogens (tertiary/aromatic N) is 4. The van der Waals surface area contributed by atoms with Crippen LogP contribution in [0.1, 0.15) is 120 Å². The van der Waals surface area contributed by atoms with Crippen LogP contribution in [-0.4, -0.2) is 51.7 Å². The summed E-state index contributed by atoms with van der Waals surface area (Å²) >= 11 is 6.07. The van der Waals surface area contributed by atoms with E-state index < -0.39 is 0 Å². The van der Waals surface area contributed by atoms with E-state index >= 15 is 0 Å². The topological polar surface area (TPSA) is 111 Å². The number of thioether (sulfide) groups is 1. The van der Waals surface area contributed by atoms with Gasteiger partial charge in [0.05, 0.1) is 16.4 Å². The second-order valence-electron chi connectivity index (χ2n) is 14.1. The Bertz CT molecular complexity index is 2430. The van der Waals surface area contributed by atoms with Crippen LogP contribution in [-0.2, 0) is 0 Å². The maximum Gasteiger partial charge on any atom is 0.261 e. The molecule has 264 valence electrons. The molecule has 0 fully saturated rings. The number of hydrogen-bond acceptors (Lipinski definition) is 8. The molecule has 8 nitrogen and oxygen atoms in total. The van der Waals surface area contributed by atoms with Crippen LogP contribution in [0.5, 0.6) is 0 Å². The molecule has 7 rings (SSSR count). The molecule has 0 N–H and O–H groups in total. The smallest absolute Gasteiger partial charge is 0.261 e. The average Bonchev–Trinajstić information content (AvgIpc) is 3.15. The zero-order valence-electron chi connectivity index (χ0n) is 29.9. The minimum absolute atomic E-state index is 0.183. The SMILES string of the molecule is CCCCC(CC)CN1C(=O)c2ccc3c4c(SC#N)cc5c6c(ccc(c7c(N=C=S)cc(c2c37)C1=O)c64)C(=O)N(CC(CC)CCCC)C5=O. The molecule has 2 heterocycles. The summed E-state index contributed by atoms with van der Waals surface area (Å²) in [5, 5.41) is 19.9. The van der Waals surface area contributed by atoms with Gasteiger partial charge in [0.1, 0.15) is 5.40 Å². The quantitative estimate of drug-likeness (QED) is 0.0213. The van der Waals surface area contributed by atoms with Gasteiger partial charge in [-0.25, -0.2) is 0 Å². The van der Waals surface area contributed by atoms with Crippen molar-refractivity contribution in [2.45, 2.75) is 84.0 Å². The van der Waals surface area contributed by atoms with Crippen LogP contribution < -0.4 is 0 Å². The van der Waals surface area contributed by atoms with Crippen LogP contribution in [0.4, 0.5) is 5.69 Å². The Labute approximate surface area is 312 Å². The molecule has 2 unspecified atom stereocenters. The summed E-state index contributed by atoms with van der Waals surface area (Å²) in [6.07, 6.45) is 7.66. The molecular weight excluding hydrogens is 689 g/mol. The number of amides is 4. The van der Waals surface area contributed by atoms with Gasteiger partial charge in [0.15, 0.2) is 0 Å². The van der Waals surface area contributed by atoms with E-state index in [-0.39, 0.29) is 35.5 Å². The highest BCUT2D eigenvalue weighted by Crippen LogP contribution is 2.51. The van der Waals surface area contributed by atoms with Crippen molar-refractivity contribution >= 4 is 102 Å². The summed E-state index contributed by atoms with van der Waals surface area (Å²) in [6.45, 7) is 9.10. The predicted molar refractivity (Wildman–Crippen MR) is 211 cm³/mol. The Morgan fingerprint density at radius 3 is 1.63 bits per heavy atom. The van der Waals surface area contributed by atoms with Crippen LogP contribution >= 0.6 is 24.0 Å². The maximum atomic E-state index is 14.3. The summed E-state index contributed by atoms with van der Waals surface area (Å²) in [6, 6.07) is 10.7. The van der Waals surface area contributed by atoms with E-state index in [0.29, 0.717) is 89.0 Å². The summed E-state index contributed by atoms with van der Waals surface area (Å²) < 4.78 is 0. The molecular formula is C42H40N4O4S2. The van der Waals surface area contributed by atoms with Crippen molar-refractivity contribution < 1.29 is 19.2 Å². The van der Waals surface area contributed by atoms with Crippen LogP contribution in [0, 0.1) is 22.5 Å². The highest BCUT2D eigenvalue weighted by molar-refractivity contribution is 8.04. The summed E-state index contributed by atoms with van der Waals surface area (Å²) in [4.78, 5) is 64.8. The zero-order chi connectivity index (χ0) is 36.8. The largest absolute Gasteiger partial charge is 0.274 e. The van der Waals surface area contributed by atoms with Crippen molar-refractivity contribution in [1.29, 1.82) is 5.26 Å².